The number of nitrogens with two attached hydrogens (primary N) is 1. The number of imide groups is 1. The molecule has 1 saturated carbocycles. The first-order valence-corrected chi connectivity index (χ1v) is 7.47. The van der Waals surface area contributed by atoms with Gasteiger partial charge in [-0.15, -0.1) is 0 Å². The molecule has 22 heavy (non-hydrogen) atoms. The van der Waals surface area contributed by atoms with Crippen LogP contribution in [0.1, 0.15) is 42.6 Å². The molecular weight excluding hydrogens is 286 g/mol. The Morgan fingerprint density at radius 3 is 2.73 bits per heavy atom. The first-order chi connectivity index (χ1) is 10.6. The molecule has 1 aromatic heterocycles. The molecule has 0 saturated heterocycles. The van der Waals surface area contributed by atoms with E-state index in [9.17, 15) is 14.7 Å². The second-order valence-corrected chi connectivity index (χ2v) is 5.41. The molecule has 1 aliphatic rings. The third-order valence-electron chi connectivity index (χ3n) is 3.69. The molecule has 1 fully saturated rings. The van der Waals surface area contributed by atoms with Crippen LogP contribution in [0.25, 0.3) is 0 Å². The highest BCUT2D eigenvalue weighted by atomic mass is 16.5. The summed E-state index contributed by atoms with van der Waals surface area (Å²) in [6.45, 7) is 0.227. The lowest BCUT2D eigenvalue weighted by Crippen LogP contribution is -2.35. The predicted molar refractivity (Wildman–Crippen MR) is 79.5 cm³/mol. The summed E-state index contributed by atoms with van der Waals surface area (Å²) >= 11 is 0. The highest BCUT2D eigenvalue weighted by molar-refractivity contribution is 6.05. The van der Waals surface area contributed by atoms with Crippen molar-refractivity contribution in [2.75, 3.05) is 13.2 Å². The molecule has 0 aromatic carbocycles. The van der Waals surface area contributed by atoms with Crippen molar-refractivity contribution in [3.63, 3.8) is 0 Å². The summed E-state index contributed by atoms with van der Waals surface area (Å²) < 4.78 is 5.61. The van der Waals surface area contributed by atoms with E-state index in [2.05, 4.69) is 4.98 Å². The number of aromatic nitrogens is 1. The highest BCUT2D eigenvalue weighted by Gasteiger charge is 2.18. The first kappa shape index (κ1) is 16.2. The molecule has 1 heterocycles. The summed E-state index contributed by atoms with van der Waals surface area (Å²) in [7, 11) is 0. The molecule has 0 unspecified atom stereocenters. The minimum absolute atomic E-state index is 0.247. The van der Waals surface area contributed by atoms with Gasteiger partial charge >= 0.3 is 0 Å². The molecule has 4 N–H and O–H groups in total. The molecule has 1 aliphatic carbocycles. The molecule has 1 aromatic rings. The Bertz CT molecular complexity index is 542. The Kier molecular flexibility index (Phi) is 5.71. The smallest absolute Gasteiger partial charge is 0.280 e. The third-order valence-corrected chi connectivity index (χ3v) is 3.69. The number of ether oxygens (including phenoxy) is 1. The minimum Gasteiger partial charge on any atom is -0.505 e. The molecule has 7 nitrogen and oxygen atoms in total. The Hall–Kier alpha value is -2.15. The molecule has 0 radical (unpaired) electrons. The van der Waals surface area contributed by atoms with E-state index in [0.717, 1.165) is 12.8 Å². The van der Waals surface area contributed by atoms with E-state index in [-0.39, 0.29) is 23.9 Å². The number of hydrogen-bond donors (Lipinski definition) is 3. The molecule has 0 aliphatic heterocycles. The zero-order chi connectivity index (χ0) is 15.9. The molecule has 120 valence electrons. The number of pyridine rings is 1. The summed E-state index contributed by atoms with van der Waals surface area (Å²) in [6.07, 6.45) is 5.97. The molecule has 0 bridgehead atoms. The average Bonchev–Trinajstić information content (AvgIpc) is 2.54. The highest BCUT2D eigenvalue weighted by Crippen LogP contribution is 2.25. The van der Waals surface area contributed by atoms with Gasteiger partial charge in [0.25, 0.3) is 5.91 Å². The number of hydrogen-bond acceptors (Lipinski definition) is 6. The van der Waals surface area contributed by atoms with Crippen LogP contribution < -0.4 is 15.8 Å². The van der Waals surface area contributed by atoms with Gasteiger partial charge in [0.1, 0.15) is 5.75 Å². The monoisotopic (exact) mass is 307 g/mol. The van der Waals surface area contributed by atoms with Crippen molar-refractivity contribution in [2.24, 2.45) is 11.7 Å². The van der Waals surface area contributed by atoms with Crippen LogP contribution in [0.3, 0.4) is 0 Å². The van der Waals surface area contributed by atoms with E-state index < -0.39 is 11.8 Å². The first-order valence-electron chi connectivity index (χ1n) is 7.47. The topological polar surface area (TPSA) is 115 Å². The van der Waals surface area contributed by atoms with E-state index in [1.165, 1.54) is 31.4 Å². The Balaban J connectivity index is 1.99. The largest absolute Gasteiger partial charge is 0.505 e. The number of carbonyl (C=O) groups is 2. The summed E-state index contributed by atoms with van der Waals surface area (Å²) in [5.41, 5.74) is 4.88. The number of carbonyl (C=O) groups excluding carboxylic acids is 2. The van der Waals surface area contributed by atoms with Crippen LogP contribution in [0.4, 0.5) is 0 Å². The fraction of sp³-hybridized carbons (Fsp3) is 0.533. The van der Waals surface area contributed by atoms with Crippen LogP contribution in [0.15, 0.2) is 12.1 Å². The van der Waals surface area contributed by atoms with Crippen molar-refractivity contribution in [1.82, 2.24) is 10.3 Å². The number of rotatable bonds is 5. The van der Waals surface area contributed by atoms with Gasteiger partial charge in [-0.2, -0.15) is 0 Å². The lowest BCUT2D eigenvalue weighted by Gasteiger charge is -2.21. The maximum Gasteiger partial charge on any atom is 0.280 e. The van der Waals surface area contributed by atoms with Gasteiger partial charge in [0.05, 0.1) is 13.2 Å². The summed E-state index contributed by atoms with van der Waals surface area (Å²) in [5, 5.41) is 11.7. The van der Waals surface area contributed by atoms with E-state index in [1.807, 2.05) is 5.32 Å². The molecule has 0 atom stereocenters. The van der Waals surface area contributed by atoms with E-state index >= 15 is 0 Å². The van der Waals surface area contributed by atoms with Gasteiger partial charge in [-0.05, 0) is 24.8 Å². The second kappa shape index (κ2) is 7.74. The Labute approximate surface area is 128 Å². The maximum atomic E-state index is 11.8. The van der Waals surface area contributed by atoms with Gasteiger partial charge in [0, 0.05) is 6.07 Å². The van der Waals surface area contributed by atoms with Crippen molar-refractivity contribution < 1.29 is 19.4 Å². The predicted octanol–water partition coefficient (Wildman–Crippen LogP) is 0.961. The van der Waals surface area contributed by atoms with E-state index in [1.54, 1.807) is 0 Å². The summed E-state index contributed by atoms with van der Waals surface area (Å²) in [4.78, 5) is 26.9. The quantitative estimate of drug-likeness (QED) is 0.746. The number of amides is 2. The molecule has 2 amide bonds. The van der Waals surface area contributed by atoms with Crippen molar-refractivity contribution in [2.45, 2.75) is 32.1 Å². The number of nitrogens with zero attached hydrogens (tertiary/aromatic N) is 1. The second-order valence-electron chi connectivity index (χ2n) is 5.41. The van der Waals surface area contributed by atoms with Crippen LogP contribution in [0.5, 0.6) is 11.6 Å². The van der Waals surface area contributed by atoms with Crippen LogP contribution in [0, 0.1) is 5.92 Å². The van der Waals surface area contributed by atoms with Gasteiger partial charge in [-0.1, -0.05) is 19.3 Å². The molecular formula is C15H21N3O4. The summed E-state index contributed by atoms with van der Waals surface area (Å²) in [6, 6.07) is 2.82. The zero-order valence-corrected chi connectivity index (χ0v) is 12.4. The minimum atomic E-state index is -0.795. The van der Waals surface area contributed by atoms with Crippen molar-refractivity contribution in [3.05, 3.63) is 17.8 Å². The Morgan fingerprint density at radius 2 is 2.05 bits per heavy atom. The fourth-order valence-electron chi connectivity index (χ4n) is 2.48. The lowest BCUT2D eigenvalue weighted by atomic mass is 9.90. The standard InChI is InChI=1S/C15H21N3O4/c16-8-12(20)17-15(21)14-11(19)6-7-13(18-14)22-9-10-4-2-1-3-5-10/h6-7,10,19H,1-5,8-9,16H2,(H,17,20,21). The lowest BCUT2D eigenvalue weighted by molar-refractivity contribution is -0.118. The third kappa shape index (κ3) is 4.42. The van der Waals surface area contributed by atoms with Crippen LogP contribution in [-0.2, 0) is 4.79 Å². The normalized spacial score (nSPS) is 15.3. The van der Waals surface area contributed by atoms with Crippen LogP contribution in [0.2, 0.25) is 0 Å². The van der Waals surface area contributed by atoms with Crippen LogP contribution >= 0.6 is 0 Å². The van der Waals surface area contributed by atoms with Gasteiger partial charge < -0.3 is 15.6 Å². The summed E-state index contributed by atoms with van der Waals surface area (Å²) in [5.74, 6) is -0.989. The molecule has 2 rings (SSSR count). The van der Waals surface area contributed by atoms with Crippen molar-refractivity contribution in [1.29, 1.82) is 0 Å². The average molecular weight is 307 g/mol. The van der Waals surface area contributed by atoms with Gasteiger partial charge in [0.2, 0.25) is 11.8 Å². The van der Waals surface area contributed by atoms with Crippen molar-refractivity contribution in [3.8, 4) is 11.6 Å². The maximum absolute atomic E-state index is 11.8. The number of aromatic hydroxyl groups is 1. The fourth-order valence-corrected chi connectivity index (χ4v) is 2.48. The Morgan fingerprint density at radius 1 is 1.32 bits per heavy atom. The van der Waals surface area contributed by atoms with E-state index in [4.69, 9.17) is 10.5 Å². The van der Waals surface area contributed by atoms with Crippen molar-refractivity contribution >= 4 is 11.8 Å². The zero-order valence-electron chi connectivity index (χ0n) is 12.4. The van der Waals surface area contributed by atoms with Gasteiger partial charge in [-0.3, -0.25) is 14.9 Å². The van der Waals surface area contributed by atoms with Gasteiger partial charge in [-0.25, -0.2) is 4.98 Å². The SMILES string of the molecule is NCC(=O)NC(=O)c1nc(OCC2CCCCC2)ccc1O. The van der Waals surface area contributed by atoms with Gasteiger partial charge in [0.15, 0.2) is 5.69 Å². The van der Waals surface area contributed by atoms with E-state index in [0.29, 0.717) is 12.5 Å². The molecule has 7 heteroatoms. The number of nitrogens with one attached hydrogen (secondary N) is 1. The van der Waals surface area contributed by atoms with Crippen LogP contribution in [-0.4, -0.2) is 35.1 Å². The molecule has 0 spiro atoms.